The van der Waals surface area contributed by atoms with E-state index in [-0.39, 0.29) is 37.3 Å². The summed E-state index contributed by atoms with van der Waals surface area (Å²) in [6.45, 7) is 1.10. The van der Waals surface area contributed by atoms with Crippen LogP contribution in [-0.2, 0) is 16.1 Å². The molecule has 0 fully saturated rings. The molecular formula is C8H16Cl2N4O2. The fourth-order valence-electron chi connectivity index (χ4n) is 1.05. The first-order valence-corrected chi connectivity index (χ1v) is 4.28. The minimum absolute atomic E-state index is 0. The van der Waals surface area contributed by atoms with Crippen LogP contribution < -0.4 is 11.1 Å². The first-order chi connectivity index (χ1) is 6.77. The van der Waals surface area contributed by atoms with Gasteiger partial charge in [-0.3, -0.25) is 4.79 Å². The molecule has 16 heavy (non-hydrogen) atoms. The van der Waals surface area contributed by atoms with E-state index in [1.165, 1.54) is 7.11 Å². The Morgan fingerprint density at radius 2 is 2.31 bits per heavy atom. The lowest BCUT2D eigenvalue weighted by Gasteiger charge is -2.06. The number of hydrogen-bond acceptors (Lipinski definition) is 4. The van der Waals surface area contributed by atoms with Gasteiger partial charge in [0.15, 0.2) is 0 Å². The topological polar surface area (TPSA) is 82.2 Å². The van der Waals surface area contributed by atoms with E-state index < -0.39 is 0 Å². The number of halogens is 2. The number of aromatic nitrogens is 2. The third kappa shape index (κ3) is 5.32. The van der Waals surface area contributed by atoms with Crippen molar-refractivity contribution in [2.75, 3.05) is 25.6 Å². The molecular weight excluding hydrogens is 255 g/mol. The SMILES string of the molecule is COCC(=O)Nc1ccnn1CCN.Cl.Cl. The maximum atomic E-state index is 11.2. The number of anilines is 1. The summed E-state index contributed by atoms with van der Waals surface area (Å²) in [5.41, 5.74) is 5.38. The van der Waals surface area contributed by atoms with Crippen molar-refractivity contribution in [2.45, 2.75) is 6.54 Å². The fourth-order valence-corrected chi connectivity index (χ4v) is 1.05. The molecule has 0 aliphatic rings. The van der Waals surface area contributed by atoms with Gasteiger partial charge >= 0.3 is 0 Å². The number of amides is 1. The van der Waals surface area contributed by atoms with Gasteiger partial charge in [0.1, 0.15) is 12.4 Å². The summed E-state index contributed by atoms with van der Waals surface area (Å²) < 4.78 is 6.32. The van der Waals surface area contributed by atoms with Crippen LogP contribution in [0.2, 0.25) is 0 Å². The van der Waals surface area contributed by atoms with Crippen LogP contribution >= 0.6 is 24.8 Å². The molecule has 0 saturated heterocycles. The first kappa shape index (κ1) is 17.6. The van der Waals surface area contributed by atoms with Crippen molar-refractivity contribution in [1.29, 1.82) is 0 Å². The number of carbonyl (C=O) groups excluding carboxylic acids is 1. The fraction of sp³-hybridized carbons (Fsp3) is 0.500. The van der Waals surface area contributed by atoms with Gasteiger partial charge in [-0.15, -0.1) is 24.8 Å². The Morgan fingerprint density at radius 1 is 1.62 bits per heavy atom. The lowest BCUT2D eigenvalue weighted by atomic mass is 10.5. The van der Waals surface area contributed by atoms with Gasteiger partial charge in [0.05, 0.1) is 12.7 Å². The van der Waals surface area contributed by atoms with Crippen LogP contribution in [0.5, 0.6) is 0 Å². The Morgan fingerprint density at radius 3 is 2.88 bits per heavy atom. The highest BCUT2D eigenvalue weighted by molar-refractivity contribution is 5.90. The highest BCUT2D eigenvalue weighted by Crippen LogP contribution is 2.04. The smallest absolute Gasteiger partial charge is 0.251 e. The predicted molar refractivity (Wildman–Crippen MR) is 66.3 cm³/mol. The van der Waals surface area contributed by atoms with Crippen LogP contribution in [-0.4, -0.2) is 35.9 Å². The van der Waals surface area contributed by atoms with Crippen molar-refractivity contribution in [3.8, 4) is 0 Å². The Bertz CT molecular complexity index is 306. The summed E-state index contributed by atoms with van der Waals surface area (Å²) in [4.78, 5) is 11.2. The van der Waals surface area contributed by atoms with Crippen LogP contribution in [0.15, 0.2) is 12.3 Å². The molecule has 1 heterocycles. The van der Waals surface area contributed by atoms with E-state index in [2.05, 4.69) is 15.2 Å². The van der Waals surface area contributed by atoms with E-state index in [9.17, 15) is 4.79 Å². The molecule has 1 aromatic rings. The van der Waals surface area contributed by atoms with Gasteiger partial charge in [0, 0.05) is 19.7 Å². The van der Waals surface area contributed by atoms with E-state index in [4.69, 9.17) is 5.73 Å². The third-order valence-corrected chi connectivity index (χ3v) is 1.60. The number of methoxy groups -OCH3 is 1. The molecule has 0 unspecified atom stereocenters. The average Bonchev–Trinajstić information content (AvgIpc) is 2.54. The maximum absolute atomic E-state index is 11.2. The van der Waals surface area contributed by atoms with E-state index >= 15 is 0 Å². The van der Waals surface area contributed by atoms with Crippen LogP contribution in [0.4, 0.5) is 5.82 Å². The molecule has 3 N–H and O–H groups in total. The number of nitrogens with zero attached hydrogens (tertiary/aromatic N) is 2. The summed E-state index contributed by atoms with van der Waals surface area (Å²) in [6, 6.07) is 1.71. The van der Waals surface area contributed by atoms with E-state index in [1.807, 2.05) is 0 Å². The standard InChI is InChI=1S/C8H14N4O2.2ClH/c1-14-6-8(13)11-7-2-4-10-12(7)5-3-9;;/h2,4H,3,5-6,9H2,1H3,(H,11,13);2*1H. The highest BCUT2D eigenvalue weighted by atomic mass is 35.5. The molecule has 0 radical (unpaired) electrons. The normalized spacial score (nSPS) is 8.88. The lowest BCUT2D eigenvalue weighted by Crippen LogP contribution is -2.21. The number of nitrogens with two attached hydrogens (primary N) is 1. The molecule has 0 atom stereocenters. The zero-order chi connectivity index (χ0) is 10.4. The van der Waals surface area contributed by atoms with Gasteiger partial charge in [-0.2, -0.15) is 5.10 Å². The maximum Gasteiger partial charge on any atom is 0.251 e. The highest BCUT2D eigenvalue weighted by Gasteiger charge is 2.05. The summed E-state index contributed by atoms with van der Waals surface area (Å²) in [5, 5.41) is 6.66. The molecule has 0 aliphatic carbocycles. The molecule has 94 valence electrons. The van der Waals surface area contributed by atoms with E-state index in [0.717, 1.165) is 0 Å². The molecule has 0 bridgehead atoms. The summed E-state index contributed by atoms with van der Waals surface area (Å²) >= 11 is 0. The molecule has 6 nitrogen and oxygen atoms in total. The molecule has 1 amide bonds. The minimum Gasteiger partial charge on any atom is -0.375 e. The van der Waals surface area contributed by atoms with Crippen LogP contribution in [0.1, 0.15) is 0 Å². The van der Waals surface area contributed by atoms with E-state index in [1.54, 1.807) is 16.9 Å². The van der Waals surface area contributed by atoms with E-state index in [0.29, 0.717) is 18.9 Å². The Balaban J connectivity index is 0. The number of hydrogen-bond donors (Lipinski definition) is 2. The van der Waals surface area contributed by atoms with Gasteiger partial charge in [-0.25, -0.2) is 4.68 Å². The van der Waals surface area contributed by atoms with Gasteiger partial charge in [0.25, 0.3) is 5.91 Å². The minimum atomic E-state index is -0.203. The number of rotatable bonds is 5. The second kappa shape index (κ2) is 9.41. The second-order valence-electron chi connectivity index (χ2n) is 2.71. The molecule has 1 aromatic heterocycles. The Kier molecular flexibility index (Phi) is 10.3. The van der Waals surface area contributed by atoms with Gasteiger partial charge in [0.2, 0.25) is 0 Å². The monoisotopic (exact) mass is 270 g/mol. The third-order valence-electron chi connectivity index (χ3n) is 1.60. The van der Waals surface area contributed by atoms with Crippen molar-refractivity contribution in [1.82, 2.24) is 9.78 Å². The zero-order valence-electron chi connectivity index (χ0n) is 8.88. The summed E-state index contributed by atoms with van der Waals surface area (Å²) in [6.07, 6.45) is 1.61. The predicted octanol–water partition coefficient (Wildman–Crippen LogP) is 0.270. The molecule has 8 heteroatoms. The van der Waals surface area contributed by atoms with Crippen molar-refractivity contribution in [2.24, 2.45) is 5.73 Å². The summed E-state index contributed by atoms with van der Waals surface area (Å²) in [5.74, 6) is 0.434. The number of carbonyl (C=O) groups is 1. The Labute approximate surface area is 106 Å². The quantitative estimate of drug-likeness (QED) is 0.805. The lowest BCUT2D eigenvalue weighted by molar-refractivity contribution is -0.119. The van der Waals surface area contributed by atoms with Gasteiger partial charge in [-0.1, -0.05) is 0 Å². The van der Waals surface area contributed by atoms with Gasteiger partial charge in [-0.05, 0) is 0 Å². The van der Waals surface area contributed by atoms with Crippen LogP contribution in [0, 0.1) is 0 Å². The molecule has 0 aliphatic heterocycles. The number of nitrogens with one attached hydrogen (secondary N) is 1. The summed E-state index contributed by atoms with van der Waals surface area (Å²) in [7, 11) is 1.47. The molecule has 0 aromatic carbocycles. The second-order valence-corrected chi connectivity index (χ2v) is 2.71. The Hall–Kier alpha value is -0.820. The average molecular weight is 271 g/mol. The zero-order valence-corrected chi connectivity index (χ0v) is 10.5. The largest absolute Gasteiger partial charge is 0.375 e. The molecule has 1 rings (SSSR count). The van der Waals surface area contributed by atoms with Gasteiger partial charge < -0.3 is 15.8 Å². The first-order valence-electron chi connectivity index (χ1n) is 4.28. The van der Waals surface area contributed by atoms with Crippen molar-refractivity contribution >= 4 is 36.5 Å². The molecule has 0 spiro atoms. The van der Waals surface area contributed by atoms with Crippen molar-refractivity contribution in [3.05, 3.63) is 12.3 Å². The molecule has 0 saturated carbocycles. The van der Waals surface area contributed by atoms with Crippen LogP contribution in [0.25, 0.3) is 0 Å². The van der Waals surface area contributed by atoms with Crippen LogP contribution in [0.3, 0.4) is 0 Å². The van der Waals surface area contributed by atoms with Crippen molar-refractivity contribution < 1.29 is 9.53 Å². The number of ether oxygens (including phenoxy) is 1. The van der Waals surface area contributed by atoms with Crippen molar-refractivity contribution in [3.63, 3.8) is 0 Å².